The summed E-state index contributed by atoms with van der Waals surface area (Å²) < 4.78 is 0. The predicted octanol–water partition coefficient (Wildman–Crippen LogP) is 5.79. The molecule has 0 amide bonds. The maximum absolute atomic E-state index is 11.2. The van der Waals surface area contributed by atoms with Crippen molar-refractivity contribution >= 4 is 11.0 Å². The molecule has 4 heteroatoms. The summed E-state index contributed by atoms with van der Waals surface area (Å²) in [5.74, 6) is 0.282. The van der Waals surface area contributed by atoms with Gasteiger partial charge >= 0.3 is 0 Å². The van der Waals surface area contributed by atoms with E-state index in [2.05, 4.69) is 57.8 Å². The molecule has 0 saturated heterocycles. The lowest BCUT2D eigenvalue weighted by Gasteiger charge is -2.34. The largest absolute Gasteiger partial charge is 0.505 e. The molecule has 0 aliphatic heterocycles. The van der Waals surface area contributed by atoms with Crippen molar-refractivity contribution in [1.29, 1.82) is 0 Å². The van der Waals surface area contributed by atoms with Gasteiger partial charge in [-0.1, -0.05) is 66.2 Å². The SMILES string of the molecule is CCCc1cc(-n2nc3ccccc3n2)c(O)c(C(C)(C)CC(C)(C)C)c1. The highest BCUT2D eigenvalue weighted by molar-refractivity contribution is 5.73. The number of phenolic OH excluding ortho intramolecular Hbond substituents is 1. The van der Waals surface area contributed by atoms with E-state index in [1.807, 2.05) is 30.3 Å². The molecule has 3 rings (SSSR count). The Hall–Kier alpha value is -2.36. The predicted molar refractivity (Wildman–Crippen MR) is 112 cm³/mol. The van der Waals surface area contributed by atoms with Gasteiger partial charge in [-0.05, 0) is 47.4 Å². The summed E-state index contributed by atoms with van der Waals surface area (Å²) in [6.45, 7) is 13.3. The molecule has 2 aromatic carbocycles. The van der Waals surface area contributed by atoms with Crippen LogP contribution in [0.15, 0.2) is 36.4 Å². The standard InChI is InChI=1S/C23H31N3O/c1-7-10-16-13-17(23(5,6)15-22(2,3)4)21(27)20(14-16)26-24-18-11-8-9-12-19(18)25-26/h8-9,11-14,27H,7,10,15H2,1-6H3. The van der Waals surface area contributed by atoms with Crippen LogP contribution in [0.5, 0.6) is 5.75 Å². The summed E-state index contributed by atoms with van der Waals surface area (Å²) in [5, 5.41) is 20.4. The number of aromatic hydroxyl groups is 1. The molecule has 0 bridgehead atoms. The van der Waals surface area contributed by atoms with Crippen molar-refractivity contribution in [3.05, 3.63) is 47.5 Å². The van der Waals surface area contributed by atoms with Crippen molar-refractivity contribution in [2.24, 2.45) is 5.41 Å². The van der Waals surface area contributed by atoms with Gasteiger partial charge in [0.15, 0.2) is 0 Å². The Kier molecular flexibility index (Phi) is 5.02. The summed E-state index contributed by atoms with van der Waals surface area (Å²) in [6, 6.07) is 12.0. The van der Waals surface area contributed by atoms with Crippen LogP contribution in [0.25, 0.3) is 16.7 Å². The molecule has 3 aromatic rings. The van der Waals surface area contributed by atoms with Gasteiger partial charge < -0.3 is 5.11 Å². The molecule has 0 unspecified atom stereocenters. The number of rotatable bonds is 5. The molecule has 0 atom stereocenters. The summed E-state index contributed by atoms with van der Waals surface area (Å²) in [6.07, 6.45) is 2.99. The average Bonchev–Trinajstić information content (AvgIpc) is 2.98. The lowest BCUT2D eigenvalue weighted by atomic mass is 9.71. The van der Waals surface area contributed by atoms with E-state index in [9.17, 15) is 5.11 Å². The highest BCUT2D eigenvalue weighted by atomic mass is 16.3. The Morgan fingerprint density at radius 3 is 2.07 bits per heavy atom. The second-order valence-electron chi connectivity index (χ2n) is 9.36. The third-order valence-corrected chi connectivity index (χ3v) is 4.89. The first-order chi connectivity index (χ1) is 12.6. The van der Waals surface area contributed by atoms with E-state index in [1.54, 1.807) is 4.80 Å². The Morgan fingerprint density at radius 1 is 0.963 bits per heavy atom. The van der Waals surface area contributed by atoms with Gasteiger partial charge in [-0.15, -0.1) is 15.0 Å². The molecule has 0 radical (unpaired) electrons. The van der Waals surface area contributed by atoms with Gasteiger partial charge in [0.05, 0.1) is 0 Å². The molecule has 4 nitrogen and oxygen atoms in total. The first-order valence-electron chi connectivity index (χ1n) is 9.79. The van der Waals surface area contributed by atoms with Crippen molar-refractivity contribution in [1.82, 2.24) is 15.0 Å². The third-order valence-electron chi connectivity index (χ3n) is 4.89. The van der Waals surface area contributed by atoms with Crippen molar-refractivity contribution in [2.75, 3.05) is 0 Å². The zero-order chi connectivity index (χ0) is 19.8. The highest BCUT2D eigenvalue weighted by Crippen LogP contribution is 2.42. The van der Waals surface area contributed by atoms with Crippen molar-refractivity contribution in [3.63, 3.8) is 0 Å². The van der Waals surface area contributed by atoms with Crippen LogP contribution < -0.4 is 0 Å². The van der Waals surface area contributed by atoms with Crippen LogP contribution in [0, 0.1) is 5.41 Å². The van der Waals surface area contributed by atoms with Crippen molar-refractivity contribution in [3.8, 4) is 11.4 Å². The fourth-order valence-corrected chi connectivity index (χ4v) is 4.17. The molecule has 1 heterocycles. The molecule has 1 aromatic heterocycles. The van der Waals surface area contributed by atoms with Crippen LogP contribution in [0.2, 0.25) is 0 Å². The van der Waals surface area contributed by atoms with E-state index in [1.165, 1.54) is 5.56 Å². The van der Waals surface area contributed by atoms with Crippen LogP contribution >= 0.6 is 0 Å². The number of phenols is 1. The number of hydrogen-bond donors (Lipinski definition) is 1. The van der Waals surface area contributed by atoms with Crippen LogP contribution in [0.4, 0.5) is 0 Å². The number of fused-ring (bicyclic) bond motifs is 1. The Bertz CT molecular complexity index is 915. The molecule has 0 spiro atoms. The Balaban J connectivity index is 2.17. The van der Waals surface area contributed by atoms with Gasteiger partial charge in [-0.3, -0.25) is 0 Å². The van der Waals surface area contributed by atoms with Gasteiger partial charge in [-0.2, -0.15) is 0 Å². The van der Waals surface area contributed by atoms with E-state index < -0.39 is 0 Å². The number of benzene rings is 2. The summed E-state index contributed by atoms with van der Waals surface area (Å²) in [4.78, 5) is 1.58. The molecule has 0 fully saturated rings. The number of hydrogen-bond acceptors (Lipinski definition) is 3. The summed E-state index contributed by atoms with van der Waals surface area (Å²) >= 11 is 0. The molecule has 27 heavy (non-hydrogen) atoms. The second-order valence-corrected chi connectivity index (χ2v) is 9.36. The van der Waals surface area contributed by atoms with Crippen molar-refractivity contribution < 1.29 is 5.11 Å². The molecule has 0 aliphatic carbocycles. The average molecular weight is 366 g/mol. The van der Waals surface area contributed by atoms with Crippen molar-refractivity contribution in [2.45, 2.75) is 66.2 Å². The zero-order valence-electron chi connectivity index (χ0n) is 17.4. The monoisotopic (exact) mass is 365 g/mol. The first-order valence-corrected chi connectivity index (χ1v) is 9.79. The molecule has 144 valence electrons. The molecule has 1 N–H and O–H groups in total. The van der Waals surface area contributed by atoms with Crippen LogP contribution in [-0.2, 0) is 11.8 Å². The quantitative estimate of drug-likeness (QED) is 0.622. The number of nitrogens with zero attached hydrogens (tertiary/aromatic N) is 3. The van der Waals surface area contributed by atoms with Crippen LogP contribution in [0.3, 0.4) is 0 Å². The molecule has 0 saturated carbocycles. The number of aryl methyl sites for hydroxylation is 1. The Morgan fingerprint density at radius 2 is 1.56 bits per heavy atom. The maximum Gasteiger partial charge on any atom is 0.146 e. The van der Waals surface area contributed by atoms with Gasteiger partial charge in [0.25, 0.3) is 0 Å². The summed E-state index contributed by atoms with van der Waals surface area (Å²) in [7, 11) is 0. The first kappa shape index (κ1) is 19.4. The van der Waals surface area contributed by atoms with Gasteiger partial charge in [0, 0.05) is 5.56 Å². The maximum atomic E-state index is 11.2. The fraction of sp³-hybridized carbons (Fsp3) is 0.478. The lowest BCUT2D eigenvalue weighted by Crippen LogP contribution is -2.25. The molecule has 0 aliphatic rings. The van der Waals surface area contributed by atoms with Gasteiger partial charge in [0.1, 0.15) is 22.5 Å². The fourth-order valence-electron chi connectivity index (χ4n) is 4.17. The van der Waals surface area contributed by atoms with E-state index >= 15 is 0 Å². The van der Waals surface area contributed by atoms with Gasteiger partial charge in [-0.25, -0.2) is 0 Å². The number of aromatic nitrogens is 3. The zero-order valence-corrected chi connectivity index (χ0v) is 17.4. The highest BCUT2D eigenvalue weighted by Gasteiger charge is 2.31. The van der Waals surface area contributed by atoms with E-state index in [0.717, 1.165) is 35.9 Å². The summed E-state index contributed by atoms with van der Waals surface area (Å²) in [5.41, 5.74) is 4.50. The second kappa shape index (κ2) is 6.99. The minimum absolute atomic E-state index is 0.159. The molecular formula is C23H31N3O. The van der Waals surface area contributed by atoms with E-state index in [4.69, 9.17) is 0 Å². The normalized spacial score (nSPS) is 12.7. The minimum atomic E-state index is -0.159. The smallest absolute Gasteiger partial charge is 0.146 e. The topological polar surface area (TPSA) is 50.9 Å². The van der Waals surface area contributed by atoms with Crippen LogP contribution in [0.1, 0.15) is 65.5 Å². The van der Waals surface area contributed by atoms with Crippen LogP contribution in [-0.4, -0.2) is 20.1 Å². The van der Waals surface area contributed by atoms with Gasteiger partial charge in [0.2, 0.25) is 0 Å². The van der Waals surface area contributed by atoms with E-state index in [0.29, 0.717) is 5.69 Å². The minimum Gasteiger partial charge on any atom is -0.505 e. The third kappa shape index (κ3) is 4.15. The molecular weight excluding hydrogens is 334 g/mol. The Labute approximate surface area is 162 Å². The van der Waals surface area contributed by atoms with E-state index in [-0.39, 0.29) is 16.6 Å². The lowest BCUT2D eigenvalue weighted by molar-refractivity contribution is 0.278.